The van der Waals surface area contributed by atoms with E-state index in [1.165, 1.54) is 19.0 Å². The van der Waals surface area contributed by atoms with Crippen LogP contribution in [0.2, 0.25) is 0 Å². The summed E-state index contributed by atoms with van der Waals surface area (Å²) in [5.74, 6) is 0. The number of carbonyl (C=O) groups is 1. The van der Waals surface area contributed by atoms with Crippen LogP contribution >= 0.6 is 11.3 Å². The third kappa shape index (κ3) is 3.07. The quantitative estimate of drug-likeness (QED) is 0.733. The Bertz CT molecular complexity index is 645. The predicted molar refractivity (Wildman–Crippen MR) is 81.1 cm³/mol. The fourth-order valence-corrected chi connectivity index (χ4v) is 4.11. The predicted octanol–water partition coefficient (Wildman–Crippen LogP) is 0.149. The lowest BCUT2D eigenvalue weighted by Crippen LogP contribution is -2.35. The van der Waals surface area contributed by atoms with E-state index < -0.39 is 16.3 Å². The molecule has 1 unspecified atom stereocenters. The smallest absolute Gasteiger partial charge is 0.328 e. The first kappa shape index (κ1) is 17.1. The molecule has 0 aliphatic carbocycles. The van der Waals surface area contributed by atoms with Crippen molar-refractivity contribution < 1.29 is 18.3 Å². The lowest BCUT2D eigenvalue weighted by Gasteiger charge is -2.16. The van der Waals surface area contributed by atoms with Gasteiger partial charge in [0.1, 0.15) is 0 Å². The van der Waals surface area contributed by atoms with Crippen molar-refractivity contribution in [1.82, 2.24) is 19.4 Å². The van der Waals surface area contributed by atoms with Gasteiger partial charge in [0.15, 0.2) is 6.23 Å². The molecule has 1 aliphatic rings. The molecular formula is C11H19N5O4S2. The number of anilines is 1. The van der Waals surface area contributed by atoms with E-state index in [1.54, 1.807) is 0 Å². The summed E-state index contributed by atoms with van der Waals surface area (Å²) in [5.41, 5.74) is 0. The van der Waals surface area contributed by atoms with Gasteiger partial charge in [-0.2, -0.15) is 0 Å². The maximum atomic E-state index is 12.3. The zero-order chi connectivity index (χ0) is 16.5. The van der Waals surface area contributed by atoms with Gasteiger partial charge in [0.25, 0.3) is 10.0 Å². The molecule has 2 heterocycles. The Morgan fingerprint density at radius 2 is 2.09 bits per heavy atom. The second kappa shape index (κ2) is 6.44. The minimum atomic E-state index is -3.70. The van der Waals surface area contributed by atoms with Gasteiger partial charge in [-0.15, -0.1) is 10.2 Å². The van der Waals surface area contributed by atoms with E-state index in [0.29, 0.717) is 6.54 Å². The highest BCUT2D eigenvalue weighted by molar-refractivity contribution is 7.91. The van der Waals surface area contributed by atoms with Crippen molar-refractivity contribution in [2.45, 2.75) is 30.3 Å². The highest BCUT2D eigenvalue weighted by Gasteiger charge is 2.39. The Kier molecular flexibility index (Phi) is 5.00. The summed E-state index contributed by atoms with van der Waals surface area (Å²) >= 11 is 0.765. The van der Waals surface area contributed by atoms with Crippen LogP contribution in [0, 0.1) is 0 Å². The number of amides is 2. The van der Waals surface area contributed by atoms with E-state index in [0.717, 1.165) is 33.4 Å². The Hall–Kier alpha value is -1.30. The summed E-state index contributed by atoms with van der Waals surface area (Å²) in [6.07, 6.45) is 0.722. The second-order valence-corrected chi connectivity index (χ2v) is 8.35. The Balaban J connectivity index is 2.22. The fraction of sp³-hybridized carbons (Fsp3) is 0.727. The van der Waals surface area contributed by atoms with E-state index in [1.807, 2.05) is 6.92 Å². The molecule has 0 bridgehead atoms. The van der Waals surface area contributed by atoms with Crippen LogP contribution in [-0.4, -0.2) is 72.4 Å². The van der Waals surface area contributed by atoms with Gasteiger partial charge < -0.3 is 10.0 Å². The molecule has 2 rings (SSSR count). The normalized spacial score (nSPS) is 19.5. The molecule has 0 saturated carbocycles. The molecule has 0 aromatic carbocycles. The van der Waals surface area contributed by atoms with Crippen molar-refractivity contribution in [2.24, 2.45) is 0 Å². The molecule has 2 amide bonds. The van der Waals surface area contributed by atoms with E-state index in [9.17, 15) is 18.3 Å². The third-order valence-corrected chi connectivity index (χ3v) is 6.33. The van der Waals surface area contributed by atoms with E-state index >= 15 is 0 Å². The van der Waals surface area contributed by atoms with Crippen LogP contribution in [0.3, 0.4) is 0 Å². The summed E-state index contributed by atoms with van der Waals surface area (Å²) in [4.78, 5) is 14.9. The van der Waals surface area contributed by atoms with Crippen LogP contribution in [0.15, 0.2) is 4.34 Å². The van der Waals surface area contributed by atoms with Gasteiger partial charge in [-0.25, -0.2) is 22.4 Å². The number of unbranched alkanes of at least 4 members (excludes halogenated alkanes) is 1. The first-order valence-corrected chi connectivity index (χ1v) is 9.07. The minimum Gasteiger partial charge on any atom is -0.371 e. The van der Waals surface area contributed by atoms with Crippen molar-refractivity contribution in [3.8, 4) is 0 Å². The van der Waals surface area contributed by atoms with Gasteiger partial charge in [-0.3, -0.25) is 0 Å². The van der Waals surface area contributed by atoms with Gasteiger partial charge in [0, 0.05) is 20.6 Å². The summed E-state index contributed by atoms with van der Waals surface area (Å²) in [6, 6.07) is -0.383. The minimum absolute atomic E-state index is 0.0805. The summed E-state index contributed by atoms with van der Waals surface area (Å²) in [6.45, 7) is 2.73. The number of hydrogen-bond acceptors (Lipinski definition) is 7. The first-order valence-electron chi connectivity index (χ1n) is 6.81. The van der Waals surface area contributed by atoms with Gasteiger partial charge in [-0.05, 0) is 6.42 Å². The molecule has 0 radical (unpaired) electrons. The Labute approximate surface area is 133 Å². The maximum absolute atomic E-state index is 12.3. The number of nitrogens with zero attached hydrogens (tertiary/aromatic N) is 5. The number of rotatable bonds is 6. The van der Waals surface area contributed by atoms with Crippen molar-refractivity contribution in [2.75, 3.05) is 32.1 Å². The maximum Gasteiger partial charge on any atom is 0.328 e. The summed E-state index contributed by atoms with van der Waals surface area (Å²) in [5, 5.41) is 17.5. The molecule has 124 valence electrons. The molecule has 22 heavy (non-hydrogen) atoms. The van der Waals surface area contributed by atoms with E-state index in [2.05, 4.69) is 10.2 Å². The average Bonchev–Trinajstić information content (AvgIpc) is 3.02. The molecule has 0 spiro atoms. The van der Waals surface area contributed by atoms with Crippen LogP contribution in [0.25, 0.3) is 0 Å². The van der Waals surface area contributed by atoms with Crippen molar-refractivity contribution in [1.29, 1.82) is 0 Å². The fourth-order valence-electron chi connectivity index (χ4n) is 1.94. The summed E-state index contributed by atoms with van der Waals surface area (Å²) in [7, 11) is -0.928. The van der Waals surface area contributed by atoms with Crippen LogP contribution in [0.1, 0.15) is 19.8 Å². The Morgan fingerprint density at radius 3 is 2.68 bits per heavy atom. The number of aliphatic hydroxyl groups excluding tert-OH is 1. The SMILES string of the molecule is CCCCN1CC(O)N(c2nnc(S(=O)(=O)N(C)C)s2)C1=O. The highest BCUT2D eigenvalue weighted by atomic mass is 32.2. The van der Waals surface area contributed by atoms with Crippen LogP contribution < -0.4 is 4.90 Å². The zero-order valence-corrected chi connectivity index (χ0v) is 14.3. The molecular weight excluding hydrogens is 330 g/mol. The third-order valence-electron chi connectivity index (χ3n) is 3.24. The molecule has 9 nitrogen and oxygen atoms in total. The molecule has 11 heteroatoms. The molecule has 1 aromatic rings. The lowest BCUT2D eigenvalue weighted by molar-refractivity contribution is 0.176. The Morgan fingerprint density at radius 1 is 1.41 bits per heavy atom. The van der Waals surface area contributed by atoms with E-state index in [-0.39, 0.29) is 22.0 Å². The average molecular weight is 349 g/mol. The number of β-amino-alcohol motifs (C(OH)–C–C–N with tert-alkyl or cyclic N) is 1. The van der Waals surface area contributed by atoms with Crippen molar-refractivity contribution in [3.05, 3.63) is 0 Å². The van der Waals surface area contributed by atoms with Crippen molar-refractivity contribution in [3.63, 3.8) is 0 Å². The number of hydrogen-bond donors (Lipinski definition) is 1. The van der Waals surface area contributed by atoms with Gasteiger partial charge in [0.05, 0.1) is 6.54 Å². The zero-order valence-electron chi connectivity index (χ0n) is 12.6. The van der Waals surface area contributed by atoms with Crippen LogP contribution in [0.5, 0.6) is 0 Å². The largest absolute Gasteiger partial charge is 0.371 e. The number of aromatic nitrogens is 2. The number of urea groups is 1. The topological polar surface area (TPSA) is 107 Å². The van der Waals surface area contributed by atoms with Crippen molar-refractivity contribution >= 4 is 32.5 Å². The molecule has 1 aliphatic heterocycles. The standard InChI is InChI=1S/C11H19N5O4S2/c1-4-5-6-15-7-8(17)16(11(15)18)9-12-13-10(21-9)22(19,20)14(2)3/h8,17H,4-7H2,1-3H3. The highest BCUT2D eigenvalue weighted by Crippen LogP contribution is 2.29. The molecule has 1 N–H and O–H groups in total. The molecule has 1 saturated heterocycles. The van der Waals surface area contributed by atoms with Gasteiger partial charge in [-0.1, -0.05) is 24.7 Å². The number of sulfonamides is 1. The second-order valence-electron chi connectivity index (χ2n) is 5.07. The molecule has 1 atom stereocenters. The van der Waals surface area contributed by atoms with Crippen LogP contribution in [0.4, 0.5) is 9.93 Å². The number of aliphatic hydroxyl groups is 1. The number of carbonyl (C=O) groups excluding carboxylic acids is 1. The molecule has 1 fully saturated rings. The van der Waals surface area contributed by atoms with E-state index in [4.69, 9.17) is 0 Å². The molecule has 1 aromatic heterocycles. The monoisotopic (exact) mass is 349 g/mol. The summed E-state index contributed by atoms with van der Waals surface area (Å²) < 4.78 is 24.8. The first-order chi connectivity index (χ1) is 10.3. The van der Waals surface area contributed by atoms with Gasteiger partial charge >= 0.3 is 6.03 Å². The lowest BCUT2D eigenvalue weighted by atomic mass is 10.3. The van der Waals surface area contributed by atoms with Crippen LogP contribution in [-0.2, 0) is 10.0 Å². The van der Waals surface area contributed by atoms with Gasteiger partial charge in [0.2, 0.25) is 9.47 Å².